The summed E-state index contributed by atoms with van der Waals surface area (Å²) in [5.74, 6) is -1.54. The van der Waals surface area contributed by atoms with Crippen molar-refractivity contribution in [3.8, 4) is 0 Å². The Bertz CT molecular complexity index is 440. The van der Waals surface area contributed by atoms with Crippen molar-refractivity contribution in [3.05, 3.63) is 35.4 Å². The van der Waals surface area contributed by atoms with E-state index in [1.165, 1.54) is 12.1 Å². The maximum atomic E-state index is 13.2. The van der Waals surface area contributed by atoms with Gasteiger partial charge < -0.3 is 5.32 Å². The first-order valence-electron chi connectivity index (χ1n) is 6.76. The molecule has 1 heterocycles. The highest BCUT2D eigenvalue weighted by molar-refractivity contribution is 5.17. The standard InChI is InChI=1S/C15H22F2N2/c1-15(2,3)14-10-19(7-6-18-14)9-11-4-5-12(16)13(17)8-11/h4-5,8,14,18H,6-7,9-10H2,1-3H3. The molecule has 1 N–H and O–H groups in total. The van der Waals surface area contributed by atoms with Crippen LogP contribution in [0.3, 0.4) is 0 Å². The van der Waals surface area contributed by atoms with E-state index in [9.17, 15) is 8.78 Å². The summed E-state index contributed by atoms with van der Waals surface area (Å²) in [6.45, 7) is 10.1. The van der Waals surface area contributed by atoms with Crippen LogP contribution in [0.25, 0.3) is 0 Å². The fraction of sp³-hybridized carbons (Fsp3) is 0.600. The first-order chi connectivity index (χ1) is 8.86. The molecule has 1 unspecified atom stereocenters. The molecule has 0 aromatic heterocycles. The monoisotopic (exact) mass is 268 g/mol. The molecule has 0 aliphatic carbocycles. The molecule has 106 valence electrons. The van der Waals surface area contributed by atoms with Gasteiger partial charge in [0.2, 0.25) is 0 Å². The van der Waals surface area contributed by atoms with Gasteiger partial charge in [-0.25, -0.2) is 8.78 Å². The lowest BCUT2D eigenvalue weighted by Crippen LogP contribution is -2.55. The molecule has 2 nitrogen and oxygen atoms in total. The summed E-state index contributed by atoms with van der Waals surface area (Å²) in [4.78, 5) is 2.29. The van der Waals surface area contributed by atoms with Crippen molar-refractivity contribution in [3.63, 3.8) is 0 Å². The molecule has 0 radical (unpaired) electrons. The van der Waals surface area contributed by atoms with E-state index in [1.54, 1.807) is 6.07 Å². The van der Waals surface area contributed by atoms with Gasteiger partial charge in [-0.1, -0.05) is 26.8 Å². The Balaban J connectivity index is 2.00. The molecule has 1 saturated heterocycles. The Kier molecular flexibility index (Phi) is 4.21. The van der Waals surface area contributed by atoms with Crippen LogP contribution in [0.4, 0.5) is 8.78 Å². The molecular formula is C15H22F2N2. The summed E-state index contributed by atoms with van der Waals surface area (Å²) in [7, 11) is 0. The maximum Gasteiger partial charge on any atom is 0.159 e. The second-order valence-corrected chi connectivity index (χ2v) is 6.36. The molecule has 1 fully saturated rings. The predicted molar refractivity (Wildman–Crippen MR) is 72.9 cm³/mol. The lowest BCUT2D eigenvalue weighted by atomic mass is 9.85. The molecule has 1 aromatic rings. The largest absolute Gasteiger partial charge is 0.311 e. The van der Waals surface area contributed by atoms with Crippen LogP contribution >= 0.6 is 0 Å². The summed E-state index contributed by atoms with van der Waals surface area (Å²) in [5.41, 5.74) is 1.03. The zero-order valence-electron chi connectivity index (χ0n) is 11.8. The number of nitrogens with one attached hydrogen (secondary N) is 1. The minimum atomic E-state index is -0.781. The average molecular weight is 268 g/mol. The SMILES string of the molecule is CC(C)(C)C1CN(Cc2ccc(F)c(F)c2)CCN1. The van der Waals surface area contributed by atoms with Gasteiger partial charge in [-0.15, -0.1) is 0 Å². The Morgan fingerprint density at radius 1 is 1.26 bits per heavy atom. The maximum absolute atomic E-state index is 13.2. The first-order valence-corrected chi connectivity index (χ1v) is 6.76. The van der Waals surface area contributed by atoms with E-state index in [2.05, 4.69) is 31.0 Å². The van der Waals surface area contributed by atoms with E-state index < -0.39 is 11.6 Å². The smallest absolute Gasteiger partial charge is 0.159 e. The average Bonchev–Trinajstić information content (AvgIpc) is 2.33. The molecule has 0 bridgehead atoms. The Morgan fingerprint density at radius 3 is 2.63 bits per heavy atom. The van der Waals surface area contributed by atoms with Gasteiger partial charge in [0.05, 0.1) is 0 Å². The molecule has 19 heavy (non-hydrogen) atoms. The van der Waals surface area contributed by atoms with Gasteiger partial charge in [0.15, 0.2) is 11.6 Å². The molecule has 0 saturated carbocycles. The number of piperazine rings is 1. The van der Waals surface area contributed by atoms with Crippen molar-refractivity contribution in [2.24, 2.45) is 5.41 Å². The number of rotatable bonds is 2. The number of nitrogens with zero attached hydrogens (tertiary/aromatic N) is 1. The van der Waals surface area contributed by atoms with E-state index in [-0.39, 0.29) is 5.41 Å². The van der Waals surface area contributed by atoms with Crippen molar-refractivity contribution >= 4 is 0 Å². The van der Waals surface area contributed by atoms with Crippen molar-refractivity contribution in [1.82, 2.24) is 10.2 Å². The zero-order valence-corrected chi connectivity index (χ0v) is 11.8. The molecule has 0 spiro atoms. The van der Waals surface area contributed by atoms with Crippen LogP contribution in [0.2, 0.25) is 0 Å². The van der Waals surface area contributed by atoms with Gasteiger partial charge >= 0.3 is 0 Å². The van der Waals surface area contributed by atoms with Gasteiger partial charge in [-0.3, -0.25) is 4.90 Å². The highest BCUT2D eigenvalue weighted by Gasteiger charge is 2.29. The number of hydrogen-bond acceptors (Lipinski definition) is 2. The van der Waals surface area contributed by atoms with Crippen molar-refractivity contribution in [1.29, 1.82) is 0 Å². The van der Waals surface area contributed by atoms with Gasteiger partial charge in [-0.2, -0.15) is 0 Å². The van der Waals surface area contributed by atoms with E-state index in [0.717, 1.165) is 25.2 Å². The molecule has 1 aliphatic rings. The highest BCUT2D eigenvalue weighted by atomic mass is 19.2. The van der Waals surface area contributed by atoms with Gasteiger partial charge in [0.25, 0.3) is 0 Å². The van der Waals surface area contributed by atoms with Gasteiger partial charge in [-0.05, 0) is 23.1 Å². The normalized spacial score (nSPS) is 21.6. The highest BCUT2D eigenvalue weighted by Crippen LogP contribution is 2.22. The van der Waals surface area contributed by atoms with Crippen LogP contribution in [-0.2, 0) is 6.54 Å². The van der Waals surface area contributed by atoms with E-state index in [0.29, 0.717) is 12.6 Å². The molecule has 0 amide bonds. The summed E-state index contributed by atoms with van der Waals surface area (Å²) in [6.07, 6.45) is 0. The topological polar surface area (TPSA) is 15.3 Å². The molecule has 1 aliphatic heterocycles. The summed E-state index contributed by atoms with van der Waals surface area (Å²) >= 11 is 0. The minimum absolute atomic E-state index is 0.201. The Morgan fingerprint density at radius 2 is 2.00 bits per heavy atom. The number of halogens is 2. The summed E-state index contributed by atoms with van der Waals surface area (Å²) < 4.78 is 26.1. The third-order valence-electron chi connectivity index (χ3n) is 3.70. The second-order valence-electron chi connectivity index (χ2n) is 6.36. The lowest BCUT2D eigenvalue weighted by Gasteiger charge is -2.40. The van der Waals surface area contributed by atoms with E-state index in [1.807, 2.05) is 0 Å². The molecule has 1 aromatic carbocycles. The van der Waals surface area contributed by atoms with Crippen LogP contribution < -0.4 is 5.32 Å². The number of hydrogen-bond donors (Lipinski definition) is 1. The minimum Gasteiger partial charge on any atom is -0.311 e. The quantitative estimate of drug-likeness (QED) is 0.887. The Labute approximate surface area is 113 Å². The summed E-state index contributed by atoms with van der Waals surface area (Å²) in [5, 5.41) is 3.52. The van der Waals surface area contributed by atoms with Crippen molar-refractivity contribution in [2.75, 3.05) is 19.6 Å². The number of benzene rings is 1. The molecule has 1 atom stereocenters. The third kappa shape index (κ3) is 3.74. The third-order valence-corrected chi connectivity index (χ3v) is 3.70. The molecular weight excluding hydrogens is 246 g/mol. The van der Waals surface area contributed by atoms with Crippen molar-refractivity contribution < 1.29 is 8.78 Å². The van der Waals surface area contributed by atoms with Crippen LogP contribution in [0.5, 0.6) is 0 Å². The molecule has 4 heteroatoms. The second kappa shape index (κ2) is 5.55. The van der Waals surface area contributed by atoms with Gasteiger partial charge in [0.1, 0.15) is 0 Å². The van der Waals surface area contributed by atoms with Crippen LogP contribution in [-0.4, -0.2) is 30.6 Å². The van der Waals surface area contributed by atoms with E-state index in [4.69, 9.17) is 0 Å². The zero-order chi connectivity index (χ0) is 14.0. The Hall–Kier alpha value is -1.00. The van der Waals surface area contributed by atoms with Crippen LogP contribution in [0.1, 0.15) is 26.3 Å². The van der Waals surface area contributed by atoms with Crippen LogP contribution in [0, 0.1) is 17.0 Å². The first kappa shape index (κ1) is 14.4. The lowest BCUT2D eigenvalue weighted by molar-refractivity contribution is 0.129. The fourth-order valence-corrected chi connectivity index (χ4v) is 2.43. The predicted octanol–water partition coefficient (Wildman–Crippen LogP) is 2.78. The van der Waals surface area contributed by atoms with Gasteiger partial charge in [0, 0.05) is 32.2 Å². The summed E-state index contributed by atoms with van der Waals surface area (Å²) in [6, 6.07) is 4.58. The van der Waals surface area contributed by atoms with Crippen molar-refractivity contribution in [2.45, 2.75) is 33.4 Å². The van der Waals surface area contributed by atoms with Crippen LogP contribution in [0.15, 0.2) is 18.2 Å². The fourth-order valence-electron chi connectivity index (χ4n) is 2.43. The molecule has 2 rings (SSSR count). The van der Waals surface area contributed by atoms with E-state index >= 15 is 0 Å².